The van der Waals surface area contributed by atoms with Crippen LogP contribution in [0.3, 0.4) is 0 Å². The zero-order chi connectivity index (χ0) is 5.70. The van der Waals surface area contributed by atoms with E-state index >= 15 is 0 Å². The fraction of sp³-hybridized carbons (Fsp3) is 0. The van der Waals surface area contributed by atoms with Gasteiger partial charge >= 0.3 is 5.97 Å². The van der Waals surface area contributed by atoms with E-state index in [-0.39, 0.29) is 0 Å². The summed E-state index contributed by atoms with van der Waals surface area (Å²) < 4.78 is 0. The molecule has 0 amide bonds. The average Bonchev–Trinajstić information content (AvgIpc) is 1.61. The molecule has 0 N–H and O–H groups in total. The second-order valence-electron chi connectivity index (χ2n) is 0.718. The van der Waals surface area contributed by atoms with Crippen molar-refractivity contribution in [2.24, 2.45) is 0 Å². The molecule has 0 saturated heterocycles. The molecule has 0 aliphatic heterocycles. The molecule has 0 heterocycles. The standard InChI is InChI=1S/C3H2O4/c4-3(5)1-2-7-6/h1-2H. The Bertz CT molecular complexity index is 84.9. The minimum absolute atomic E-state index is 0.481. The minimum Gasteiger partial charge on any atom is -0.313 e. The molecule has 4 nitrogen and oxygen atoms in total. The first kappa shape index (κ1) is 5.97. The highest BCUT2D eigenvalue weighted by molar-refractivity contribution is 5.78. The molecule has 0 saturated carbocycles. The summed E-state index contributed by atoms with van der Waals surface area (Å²) in [5, 5.41) is 18.3. The van der Waals surface area contributed by atoms with E-state index < -0.39 is 5.97 Å². The Hall–Kier alpha value is -1.03. The predicted molar refractivity (Wildman–Crippen MR) is 16.6 cm³/mol. The van der Waals surface area contributed by atoms with Gasteiger partial charge in [-0.1, -0.05) is 0 Å². The summed E-state index contributed by atoms with van der Waals surface area (Å²) in [7, 11) is 0. The Morgan fingerprint density at radius 2 is 2.14 bits per heavy atom. The highest BCUT2D eigenvalue weighted by Gasteiger charge is 1.85. The largest absolute Gasteiger partial charge is 0.382 e. The van der Waals surface area contributed by atoms with Crippen molar-refractivity contribution < 1.29 is 20.0 Å². The van der Waals surface area contributed by atoms with Gasteiger partial charge in [0.1, 0.15) is 6.26 Å². The van der Waals surface area contributed by atoms with Crippen LogP contribution < -0.4 is 0 Å². The zero-order valence-corrected chi connectivity index (χ0v) is 3.29. The Balaban J connectivity index is 3.26. The third-order valence-electron chi connectivity index (χ3n) is 0.260. The first-order valence-corrected chi connectivity index (χ1v) is 1.43. The van der Waals surface area contributed by atoms with Crippen molar-refractivity contribution in [2.45, 2.75) is 0 Å². The van der Waals surface area contributed by atoms with Crippen LogP contribution in [0.2, 0.25) is 0 Å². The van der Waals surface area contributed by atoms with Gasteiger partial charge in [-0.25, -0.2) is 9.90 Å². The van der Waals surface area contributed by atoms with Gasteiger partial charge < -0.3 is 4.89 Å². The molecule has 0 rings (SSSR count). The second kappa shape index (κ2) is 3.17. The lowest BCUT2D eigenvalue weighted by Crippen LogP contribution is -1.82. The van der Waals surface area contributed by atoms with Crippen LogP contribution in [-0.2, 0) is 20.0 Å². The molecule has 0 unspecified atom stereocenters. The first-order valence-electron chi connectivity index (χ1n) is 1.43. The smallest absolute Gasteiger partial charge is 0.313 e. The van der Waals surface area contributed by atoms with Crippen LogP contribution in [0.1, 0.15) is 0 Å². The second-order valence-corrected chi connectivity index (χ2v) is 0.718. The van der Waals surface area contributed by atoms with Gasteiger partial charge in [0.15, 0.2) is 0 Å². The van der Waals surface area contributed by atoms with Gasteiger partial charge in [-0.15, -0.1) is 0 Å². The quantitative estimate of drug-likeness (QED) is 0.210. The molecule has 4 heteroatoms. The van der Waals surface area contributed by atoms with Gasteiger partial charge in [-0.2, -0.15) is 0 Å². The van der Waals surface area contributed by atoms with E-state index in [1.807, 2.05) is 0 Å². The van der Waals surface area contributed by atoms with Gasteiger partial charge in [-0.3, -0.25) is 0 Å². The van der Waals surface area contributed by atoms with E-state index in [0.717, 1.165) is 0 Å². The Labute approximate surface area is 39.6 Å². The lowest BCUT2D eigenvalue weighted by atomic mass is 10.7. The molecule has 38 valence electrons. The summed E-state index contributed by atoms with van der Waals surface area (Å²) in [5.41, 5.74) is 0. The SMILES string of the molecule is [O]OC=CC([O])=O. The van der Waals surface area contributed by atoms with Gasteiger partial charge in [0.25, 0.3) is 0 Å². The van der Waals surface area contributed by atoms with Crippen LogP contribution in [-0.4, -0.2) is 5.97 Å². The van der Waals surface area contributed by atoms with E-state index in [2.05, 4.69) is 4.89 Å². The Morgan fingerprint density at radius 1 is 1.57 bits per heavy atom. The van der Waals surface area contributed by atoms with E-state index in [9.17, 15) is 9.90 Å². The minimum atomic E-state index is -1.45. The van der Waals surface area contributed by atoms with Crippen LogP contribution in [0.15, 0.2) is 12.3 Å². The van der Waals surface area contributed by atoms with Crippen LogP contribution in [0.5, 0.6) is 0 Å². The van der Waals surface area contributed by atoms with Crippen LogP contribution in [0, 0.1) is 0 Å². The van der Waals surface area contributed by atoms with Crippen LogP contribution >= 0.6 is 0 Å². The molecular weight excluding hydrogens is 100 g/mol. The number of hydrogen-bond donors (Lipinski definition) is 0. The number of hydrogen-bond acceptors (Lipinski definition) is 2. The molecule has 0 aliphatic carbocycles. The molecule has 0 aromatic heterocycles. The van der Waals surface area contributed by atoms with Gasteiger partial charge in [0.2, 0.25) is 0 Å². The first-order chi connectivity index (χ1) is 3.27. The third-order valence-corrected chi connectivity index (χ3v) is 0.260. The maximum atomic E-state index is 9.34. The highest BCUT2D eigenvalue weighted by Crippen LogP contribution is 1.71. The fourth-order valence-corrected chi connectivity index (χ4v) is 0.0833. The monoisotopic (exact) mass is 102 g/mol. The topological polar surface area (TPSA) is 66.1 Å². The van der Waals surface area contributed by atoms with Crippen molar-refractivity contribution in [3.63, 3.8) is 0 Å². The van der Waals surface area contributed by atoms with E-state index in [0.29, 0.717) is 12.3 Å². The third kappa shape index (κ3) is 4.97. The Morgan fingerprint density at radius 3 is 2.29 bits per heavy atom. The molecule has 0 atom stereocenters. The number of rotatable bonds is 2. The molecule has 0 aliphatic rings. The van der Waals surface area contributed by atoms with E-state index in [1.165, 1.54) is 0 Å². The summed E-state index contributed by atoms with van der Waals surface area (Å²) in [6.45, 7) is 0. The number of carbonyl (C=O) groups is 1. The highest BCUT2D eigenvalue weighted by atomic mass is 17.1. The van der Waals surface area contributed by atoms with Crippen LogP contribution in [0.4, 0.5) is 0 Å². The molecule has 0 bridgehead atoms. The van der Waals surface area contributed by atoms with Gasteiger partial charge in [-0.05, 0) is 0 Å². The van der Waals surface area contributed by atoms with Crippen molar-refractivity contribution in [1.82, 2.24) is 0 Å². The molecule has 0 aromatic carbocycles. The summed E-state index contributed by atoms with van der Waals surface area (Å²) >= 11 is 0. The normalized spacial score (nSPS) is 9.29. The zero-order valence-electron chi connectivity index (χ0n) is 3.29. The van der Waals surface area contributed by atoms with Crippen molar-refractivity contribution in [1.29, 1.82) is 0 Å². The average molecular weight is 102 g/mol. The maximum Gasteiger partial charge on any atom is 0.382 e. The van der Waals surface area contributed by atoms with Crippen LogP contribution in [0.25, 0.3) is 0 Å². The van der Waals surface area contributed by atoms with E-state index in [4.69, 9.17) is 5.26 Å². The predicted octanol–water partition coefficient (Wildman–Crippen LogP) is -0.181. The molecular formula is C3H2O4. The fourth-order valence-electron chi connectivity index (χ4n) is 0.0833. The van der Waals surface area contributed by atoms with Crippen molar-refractivity contribution >= 4 is 5.97 Å². The molecule has 0 spiro atoms. The van der Waals surface area contributed by atoms with Crippen molar-refractivity contribution in [3.8, 4) is 0 Å². The summed E-state index contributed by atoms with van der Waals surface area (Å²) in [6.07, 6.45) is 0.975. The molecule has 0 aromatic rings. The van der Waals surface area contributed by atoms with E-state index in [1.54, 1.807) is 0 Å². The Kier molecular flexibility index (Phi) is 2.70. The molecule has 2 radical (unpaired) electrons. The van der Waals surface area contributed by atoms with Crippen molar-refractivity contribution in [3.05, 3.63) is 12.3 Å². The summed E-state index contributed by atoms with van der Waals surface area (Å²) in [6, 6.07) is 0. The lowest BCUT2D eigenvalue weighted by Gasteiger charge is -1.70. The number of carbonyl (C=O) groups excluding carboxylic acids is 1. The van der Waals surface area contributed by atoms with Gasteiger partial charge in [0, 0.05) is 5.26 Å². The molecule has 7 heavy (non-hydrogen) atoms. The van der Waals surface area contributed by atoms with Gasteiger partial charge in [0.05, 0.1) is 6.08 Å². The maximum absolute atomic E-state index is 9.34. The summed E-state index contributed by atoms with van der Waals surface area (Å²) in [5.74, 6) is -1.45. The summed E-state index contributed by atoms with van der Waals surface area (Å²) in [4.78, 5) is 12.3. The lowest BCUT2D eigenvalue weighted by molar-refractivity contribution is -0.254. The van der Waals surface area contributed by atoms with Crippen molar-refractivity contribution in [2.75, 3.05) is 0 Å². The molecule has 0 fully saturated rings.